The Bertz CT molecular complexity index is 797. The van der Waals surface area contributed by atoms with E-state index in [4.69, 9.17) is 27.9 Å². The highest BCUT2D eigenvalue weighted by Crippen LogP contribution is 2.47. The Hall–Kier alpha value is -1.49. The summed E-state index contributed by atoms with van der Waals surface area (Å²) in [5.41, 5.74) is 1.36. The SMILES string of the molecule is O=C(CCCCCl)c1ccc2c(c1)Sc1cc(C(=O)CCCCCl)ccc1O2. The summed E-state index contributed by atoms with van der Waals surface area (Å²) < 4.78 is 5.97. The van der Waals surface area contributed by atoms with E-state index in [0.717, 1.165) is 47.0 Å². The molecule has 0 bridgehead atoms. The molecule has 1 aliphatic heterocycles. The second-order valence-electron chi connectivity index (χ2n) is 6.67. The molecule has 0 aromatic heterocycles. The predicted molar refractivity (Wildman–Crippen MR) is 115 cm³/mol. The van der Waals surface area contributed by atoms with Gasteiger partial charge in [-0.3, -0.25) is 9.59 Å². The normalized spacial score (nSPS) is 12.1. The van der Waals surface area contributed by atoms with Gasteiger partial charge in [0.2, 0.25) is 0 Å². The second-order valence-corrected chi connectivity index (χ2v) is 8.51. The molecule has 2 aromatic carbocycles. The van der Waals surface area contributed by atoms with Gasteiger partial charge in [-0.25, -0.2) is 0 Å². The maximum absolute atomic E-state index is 12.4. The number of rotatable bonds is 10. The molecule has 0 unspecified atom stereocenters. The van der Waals surface area contributed by atoms with Gasteiger partial charge in [0.05, 0.1) is 9.79 Å². The van der Waals surface area contributed by atoms with Gasteiger partial charge in [0.25, 0.3) is 0 Å². The Morgan fingerprint density at radius 3 is 1.64 bits per heavy atom. The number of carbonyl (C=O) groups excluding carboxylic acids is 2. The van der Waals surface area contributed by atoms with Crippen LogP contribution in [0.3, 0.4) is 0 Å². The number of hydrogen-bond donors (Lipinski definition) is 0. The number of fused-ring (bicyclic) bond motifs is 2. The Morgan fingerprint density at radius 1 is 0.750 bits per heavy atom. The molecule has 0 saturated heterocycles. The highest BCUT2D eigenvalue weighted by atomic mass is 35.5. The summed E-state index contributed by atoms with van der Waals surface area (Å²) in [4.78, 5) is 26.5. The van der Waals surface area contributed by atoms with E-state index in [1.54, 1.807) is 0 Å². The first-order chi connectivity index (χ1) is 13.6. The van der Waals surface area contributed by atoms with Gasteiger partial charge in [-0.2, -0.15) is 0 Å². The fourth-order valence-electron chi connectivity index (χ4n) is 2.98. The number of unbranched alkanes of at least 4 members (excludes halogenated alkanes) is 2. The van der Waals surface area contributed by atoms with Gasteiger partial charge in [-0.1, -0.05) is 11.8 Å². The van der Waals surface area contributed by atoms with Crippen LogP contribution in [0.2, 0.25) is 0 Å². The quantitative estimate of drug-likeness (QED) is 0.192. The molecule has 0 amide bonds. The van der Waals surface area contributed by atoms with Crippen molar-refractivity contribution in [3.63, 3.8) is 0 Å². The summed E-state index contributed by atoms with van der Waals surface area (Å²) in [6, 6.07) is 11.0. The Kier molecular flexibility index (Phi) is 7.83. The van der Waals surface area contributed by atoms with Gasteiger partial charge < -0.3 is 4.74 Å². The molecule has 0 fully saturated rings. The van der Waals surface area contributed by atoms with Gasteiger partial charge >= 0.3 is 0 Å². The van der Waals surface area contributed by atoms with E-state index in [2.05, 4.69) is 0 Å². The minimum absolute atomic E-state index is 0.113. The topological polar surface area (TPSA) is 43.4 Å². The van der Waals surface area contributed by atoms with Crippen LogP contribution < -0.4 is 4.74 Å². The zero-order valence-corrected chi connectivity index (χ0v) is 17.8. The van der Waals surface area contributed by atoms with E-state index in [-0.39, 0.29) is 11.6 Å². The van der Waals surface area contributed by atoms with Crippen molar-refractivity contribution in [1.29, 1.82) is 0 Å². The van der Waals surface area contributed by atoms with E-state index in [9.17, 15) is 9.59 Å². The summed E-state index contributed by atoms with van der Waals surface area (Å²) in [5.74, 6) is 2.84. The molecule has 6 heteroatoms. The zero-order valence-electron chi connectivity index (χ0n) is 15.5. The number of benzene rings is 2. The van der Waals surface area contributed by atoms with Crippen molar-refractivity contribution in [2.24, 2.45) is 0 Å². The predicted octanol–water partition coefficient (Wildman–Crippen LogP) is 7.13. The van der Waals surface area contributed by atoms with Crippen LogP contribution in [-0.4, -0.2) is 23.3 Å². The molecule has 3 rings (SSSR count). The summed E-state index contributed by atoms with van der Waals surface area (Å²) in [5, 5.41) is 0. The fraction of sp³-hybridized carbons (Fsp3) is 0.364. The van der Waals surface area contributed by atoms with Crippen LogP contribution in [0.25, 0.3) is 0 Å². The summed E-state index contributed by atoms with van der Waals surface area (Å²) >= 11 is 12.9. The average Bonchev–Trinajstić information content (AvgIpc) is 2.71. The first-order valence-electron chi connectivity index (χ1n) is 9.44. The lowest BCUT2D eigenvalue weighted by Crippen LogP contribution is -2.03. The Labute approximate surface area is 179 Å². The molecular formula is C22H22Cl2O3S. The third kappa shape index (κ3) is 5.31. The molecule has 0 N–H and O–H groups in total. The van der Waals surface area contributed by atoms with Gasteiger partial charge in [0.1, 0.15) is 11.5 Å². The highest BCUT2D eigenvalue weighted by Gasteiger charge is 2.21. The van der Waals surface area contributed by atoms with E-state index < -0.39 is 0 Å². The van der Waals surface area contributed by atoms with Crippen LogP contribution in [0.15, 0.2) is 46.2 Å². The molecule has 0 aliphatic carbocycles. The molecule has 0 spiro atoms. The second kappa shape index (κ2) is 10.3. The highest BCUT2D eigenvalue weighted by molar-refractivity contribution is 7.99. The van der Waals surface area contributed by atoms with Gasteiger partial charge in [0.15, 0.2) is 11.6 Å². The molecular weight excluding hydrogens is 415 g/mol. The molecule has 1 heterocycles. The van der Waals surface area contributed by atoms with Crippen LogP contribution in [0.4, 0.5) is 0 Å². The lowest BCUT2D eigenvalue weighted by atomic mass is 10.1. The number of carbonyl (C=O) groups is 2. The maximum Gasteiger partial charge on any atom is 0.162 e. The van der Waals surface area contributed by atoms with Crippen molar-refractivity contribution < 1.29 is 14.3 Å². The first-order valence-corrected chi connectivity index (χ1v) is 11.3. The summed E-state index contributed by atoms with van der Waals surface area (Å²) in [6.07, 6.45) is 4.25. The molecule has 148 valence electrons. The van der Waals surface area contributed by atoms with Gasteiger partial charge in [0, 0.05) is 35.7 Å². The number of hydrogen-bond acceptors (Lipinski definition) is 4. The number of halogens is 2. The lowest BCUT2D eigenvalue weighted by Gasteiger charge is -2.20. The van der Waals surface area contributed by atoms with Crippen molar-refractivity contribution in [3.8, 4) is 11.5 Å². The van der Waals surface area contributed by atoms with E-state index in [1.807, 2.05) is 36.4 Å². The number of alkyl halides is 2. The molecule has 0 radical (unpaired) electrons. The summed E-state index contributed by atoms with van der Waals surface area (Å²) in [6.45, 7) is 0. The minimum Gasteiger partial charge on any atom is -0.455 e. The van der Waals surface area contributed by atoms with E-state index in [0.29, 0.717) is 35.7 Å². The molecule has 1 aliphatic rings. The van der Waals surface area contributed by atoms with Gasteiger partial charge in [-0.15, -0.1) is 23.2 Å². The van der Waals surface area contributed by atoms with E-state index >= 15 is 0 Å². The lowest BCUT2D eigenvalue weighted by molar-refractivity contribution is 0.0971. The molecule has 0 saturated carbocycles. The minimum atomic E-state index is 0.113. The molecule has 3 nitrogen and oxygen atoms in total. The van der Waals surface area contributed by atoms with Gasteiger partial charge in [-0.05, 0) is 62.1 Å². The maximum atomic E-state index is 12.4. The number of ketones is 2. The van der Waals surface area contributed by atoms with Crippen molar-refractivity contribution in [2.45, 2.75) is 48.3 Å². The largest absolute Gasteiger partial charge is 0.455 e. The zero-order chi connectivity index (χ0) is 19.9. The summed E-state index contributed by atoms with van der Waals surface area (Å²) in [7, 11) is 0. The number of Topliss-reactive ketones (excluding diaryl/α,β-unsaturated/α-hetero) is 2. The van der Waals surface area contributed by atoms with Crippen molar-refractivity contribution in [2.75, 3.05) is 11.8 Å². The van der Waals surface area contributed by atoms with Crippen molar-refractivity contribution in [3.05, 3.63) is 47.5 Å². The van der Waals surface area contributed by atoms with Crippen LogP contribution >= 0.6 is 35.0 Å². The third-order valence-electron chi connectivity index (χ3n) is 4.55. The van der Waals surface area contributed by atoms with Crippen molar-refractivity contribution in [1.82, 2.24) is 0 Å². The van der Waals surface area contributed by atoms with E-state index in [1.165, 1.54) is 11.8 Å². The van der Waals surface area contributed by atoms with Crippen LogP contribution in [-0.2, 0) is 0 Å². The average molecular weight is 437 g/mol. The van der Waals surface area contributed by atoms with Crippen molar-refractivity contribution >= 4 is 46.5 Å². The molecule has 28 heavy (non-hydrogen) atoms. The molecule has 0 atom stereocenters. The third-order valence-corrected chi connectivity index (χ3v) is 6.16. The molecule has 2 aromatic rings. The monoisotopic (exact) mass is 436 g/mol. The Balaban J connectivity index is 1.73. The fourth-order valence-corrected chi connectivity index (χ4v) is 4.38. The smallest absolute Gasteiger partial charge is 0.162 e. The van der Waals surface area contributed by atoms with Crippen LogP contribution in [0.5, 0.6) is 11.5 Å². The number of ether oxygens (including phenoxy) is 1. The first kappa shape index (κ1) is 21.2. The Morgan fingerprint density at radius 2 is 1.21 bits per heavy atom. The standard InChI is InChI=1S/C22H22Cl2O3S/c23-11-3-1-5-17(25)15-7-9-19-21(13-15)28-22-14-16(8-10-20(22)27-19)18(26)6-2-4-12-24/h7-10,13-14H,1-6,11-12H2. The van der Waals surface area contributed by atoms with Crippen LogP contribution in [0.1, 0.15) is 59.2 Å². The van der Waals surface area contributed by atoms with Crippen LogP contribution in [0, 0.1) is 0 Å².